The summed E-state index contributed by atoms with van der Waals surface area (Å²) in [7, 11) is 0. The highest BCUT2D eigenvalue weighted by atomic mass is 79.9. The van der Waals surface area contributed by atoms with Crippen molar-refractivity contribution in [2.24, 2.45) is 0 Å². The summed E-state index contributed by atoms with van der Waals surface area (Å²) >= 11 is 2.98. The molecule has 0 fully saturated rings. The molecule has 1 aromatic heterocycles. The molecule has 1 rings (SSSR count). The molecule has 1 aromatic rings. The lowest BCUT2D eigenvalue weighted by molar-refractivity contribution is 0.530. The van der Waals surface area contributed by atoms with Crippen molar-refractivity contribution in [1.82, 2.24) is 9.78 Å². The summed E-state index contributed by atoms with van der Waals surface area (Å²) in [4.78, 5) is 0. The molecule has 0 aliphatic rings. The fourth-order valence-corrected chi connectivity index (χ4v) is 0.715. The van der Waals surface area contributed by atoms with Gasteiger partial charge in [0.25, 0.3) is 0 Å². The van der Waals surface area contributed by atoms with Crippen LogP contribution in [0, 0.1) is 0 Å². The zero-order valence-electron chi connectivity index (χ0n) is 11.4. The van der Waals surface area contributed by atoms with E-state index < -0.39 is 19.7 Å². The topological polar surface area (TPSA) is 17.8 Å². The van der Waals surface area contributed by atoms with Gasteiger partial charge in [-0.25, -0.2) is 0 Å². The molecular weight excluding hydrogens is 180 g/mol. The molecule has 0 atom stereocenters. The second kappa shape index (κ2) is 2.52. The maximum atomic E-state index is 7.73. The monoisotopic (exact) mass is 195 g/mol. The average molecular weight is 196 g/mol. The Kier molecular flexibility index (Phi) is 0.584. The number of hydrogen-bond acceptors (Lipinski definition) is 1. The van der Waals surface area contributed by atoms with Gasteiger partial charge in [-0.3, -0.25) is 4.68 Å². The summed E-state index contributed by atoms with van der Waals surface area (Å²) in [6.45, 7) is -6.02. The average Bonchev–Trinajstić information content (AvgIpc) is 2.46. The minimum absolute atomic E-state index is 0.276. The fourth-order valence-electron chi connectivity index (χ4n) is 0.426. The summed E-state index contributed by atoms with van der Waals surface area (Å²) in [6, 6.07) is -1.41. The van der Waals surface area contributed by atoms with Gasteiger partial charge in [0.2, 0.25) is 0 Å². The number of hydrogen-bond donors (Lipinski definition) is 0. The van der Waals surface area contributed by atoms with E-state index in [1.54, 1.807) is 0 Å². The van der Waals surface area contributed by atoms with Gasteiger partial charge in [-0.2, -0.15) is 5.10 Å². The molecular formula is C6H9BrN2. The van der Waals surface area contributed by atoms with Gasteiger partial charge < -0.3 is 0 Å². The third-order valence-electron chi connectivity index (χ3n) is 0.786. The molecule has 0 spiro atoms. The lowest BCUT2D eigenvalue weighted by Gasteiger charge is -2.02. The van der Waals surface area contributed by atoms with Gasteiger partial charge in [0.05, 0.1) is 1.37 Å². The van der Waals surface area contributed by atoms with E-state index in [2.05, 4.69) is 21.0 Å². The van der Waals surface area contributed by atoms with Crippen LogP contribution in [0.2, 0.25) is 0 Å². The molecule has 0 N–H and O–H groups in total. The number of nitrogens with zero attached hydrogens (tertiary/aromatic N) is 2. The first-order valence-electron chi connectivity index (χ1n) is 5.72. The van der Waals surface area contributed by atoms with Gasteiger partial charge in [-0.05, 0) is 35.7 Å². The first-order valence-corrected chi connectivity index (χ1v) is 3.01. The van der Waals surface area contributed by atoms with Crippen LogP contribution in [0.25, 0.3) is 0 Å². The zero-order valence-corrected chi connectivity index (χ0v) is 6.01. The molecule has 3 heteroatoms. The predicted octanol–water partition coefficient (Wildman–Crippen LogP) is 2.23. The zero-order chi connectivity index (χ0) is 12.8. The summed E-state index contributed by atoms with van der Waals surface area (Å²) in [5, 5.41) is 3.64. The molecule has 9 heavy (non-hydrogen) atoms. The molecule has 0 radical (unpaired) electrons. The summed E-state index contributed by atoms with van der Waals surface area (Å²) in [5.41, 5.74) is 0. The van der Waals surface area contributed by atoms with Crippen LogP contribution in [0.1, 0.15) is 29.3 Å². The SMILES string of the molecule is [2H]C([2H])([2H])C([2H])(n1ccc(Br)n1)C([2H])([2H])[2H]. The Bertz CT molecular complexity index is 365. The Hall–Kier alpha value is -0.310. The van der Waals surface area contributed by atoms with E-state index in [4.69, 9.17) is 9.60 Å². The van der Waals surface area contributed by atoms with Crippen molar-refractivity contribution in [3.05, 3.63) is 16.9 Å². The van der Waals surface area contributed by atoms with Gasteiger partial charge in [0.15, 0.2) is 0 Å². The highest BCUT2D eigenvalue weighted by Crippen LogP contribution is 2.08. The molecule has 0 amide bonds. The van der Waals surface area contributed by atoms with Crippen LogP contribution in [0.3, 0.4) is 0 Å². The fraction of sp³-hybridized carbons (Fsp3) is 0.500. The molecule has 0 saturated carbocycles. The molecule has 0 bridgehead atoms. The van der Waals surface area contributed by atoms with Crippen molar-refractivity contribution in [3.8, 4) is 0 Å². The second-order valence-electron chi connectivity index (χ2n) is 1.43. The number of halogens is 1. The first-order chi connectivity index (χ1) is 7.00. The quantitative estimate of drug-likeness (QED) is 0.673. The molecule has 0 saturated heterocycles. The summed E-state index contributed by atoms with van der Waals surface area (Å²) < 4.78 is 51.8. The second-order valence-corrected chi connectivity index (χ2v) is 2.24. The van der Waals surface area contributed by atoms with Gasteiger partial charge in [0.1, 0.15) is 4.60 Å². The van der Waals surface area contributed by atoms with E-state index in [0.29, 0.717) is 4.68 Å². The predicted molar refractivity (Wildman–Crippen MR) is 40.3 cm³/mol. The van der Waals surface area contributed by atoms with Gasteiger partial charge in [-0.1, -0.05) is 0 Å². The van der Waals surface area contributed by atoms with E-state index in [1.807, 2.05) is 0 Å². The molecule has 0 unspecified atom stereocenters. The molecule has 0 aromatic carbocycles. The first kappa shape index (κ1) is 2.09. The highest BCUT2D eigenvalue weighted by molar-refractivity contribution is 9.10. The third-order valence-corrected chi connectivity index (χ3v) is 1.21. The van der Waals surface area contributed by atoms with E-state index in [0.717, 1.165) is 6.20 Å². The summed E-state index contributed by atoms with van der Waals surface area (Å²) in [6.07, 6.45) is 1.15. The third kappa shape index (κ3) is 1.55. The van der Waals surface area contributed by atoms with Crippen molar-refractivity contribution >= 4 is 15.9 Å². The highest BCUT2D eigenvalue weighted by Gasteiger charge is 1.96. The molecule has 0 aliphatic carbocycles. The molecule has 0 aliphatic heterocycles. The van der Waals surface area contributed by atoms with Crippen LogP contribution < -0.4 is 0 Å². The normalized spacial score (nSPS) is 26.1. The Morgan fingerprint density at radius 2 is 2.78 bits per heavy atom. The van der Waals surface area contributed by atoms with Crippen molar-refractivity contribution in [3.63, 3.8) is 0 Å². The Morgan fingerprint density at radius 1 is 2.00 bits per heavy atom. The Morgan fingerprint density at radius 3 is 3.22 bits per heavy atom. The maximum absolute atomic E-state index is 7.73. The van der Waals surface area contributed by atoms with E-state index in [1.165, 1.54) is 6.07 Å². The van der Waals surface area contributed by atoms with Crippen LogP contribution >= 0.6 is 15.9 Å². The van der Waals surface area contributed by atoms with Crippen LogP contribution in [0.4, 0.5) is 0 Å². The van der Waals surface area contributed by atoms with E-state index >= 15 is 0 Å². The Balaban J connectivity index is 3.38. The standard InChI is InChI=1S/C6H9BrN2/c1-5(2)9-4-3-6(7)8-9/h3-5H,1-2H3/i1D3,2D3,5D. The number of rotatable bonds is 1. The van der Waals surface area contributed by atoms with Gasteiger partial charge in [-0.15, -0.1) is 0 Å². The lowest BCUT2D eigenvalue weighted by Crippen LogP contribution is -1.99. The van der Waals surface area contributed by atoms with Gasteiger partial charge in [0, 0.05) is 20.4 Å². The lowest BCUT2D eigenvalue weighted by atomic mass is 10.4. The van der Waals surface area contributed by atoms with Crippen molar-refractivity contribution in [2.45, 2.75) is 19.7 Å². The maximum Gasteiger partial charge on any atom is 0.128 e. The van der Waals surface area contributed by atoms with Crippen LogP contribution in [-0.2, 0) is 0 Å². The van der Waals surface area contributed by atoms with E-state index in [9.17, 15) is 0 Å². The van der Waals surface area contributed by atoms with Crippen LogP contribution in [0.15, 0.2) is 16.9 Å². The molecule has 1 heterocycles. The number of aromatic nitrogens is 2. The summed E-state index contributed by atoms with van der Waals surface area (Å²) in [5.74, 6) is 0. The molecule has 50 valence electrons. The smallest absolute Gasteiger partial charge is 0.128 e. The molecule has 2 nitrogen and oxygen atoms in total. The Labute approximate surface area is 72.8 Å². The van der Waals surface area contributed by atoms with E-state index in [-0.39, 0.29) is 4.60 Å². The van der Waals surface area contributed by atoms with Crippen molar-refractivity contribution < 1.29 is 9.60 Å². The van der Waals surface area contributed by atoms with Crippen molar-refractivity contribution in [1.29, 1.82) is 0 Å². The van der Waals surface area contributed by atoms with Crippen LogP contribution in [-0.4, -0.2) is 9.78 Å². The van der Waals surface area contributed by atoms with Gasteiger partial charge >= 0.3 is 0 Å². The van der Waals surface area contributed by atoms with Crippen molar-refractivity contribution in [2.75, 3.05) is 0 Å². The minimum atomic E-state index is -3.01. The van der Waals surface area contributed by atoms with Crippen LogP contribution in [0.5, 0.6) is 0 Å². The minimum Gasteiger partial charge on any atom is -0.269 e. The largest absolute Gasteiger partial charge is 0.269 e.